The number of nitrogens with zero attached hydrogens (tertiary/aromatic N) is 1. The SMILES string of the molecule is C=c1[nH]n(-c2ccc(Br)cc2)c(=O)/c1=C/c1ccc(-c2cccc(C(=O)O)c2)o1. The first-order chi connectivity index (χ1) is 13.9. The van der Waals surface area contributed by atoms with Crippen molar-refractivity contribution in [3.05, 3.63) is 97.4 Å². The van der Waals surface area contributed by atoms with Gasteiger partial charge in [-0.05, 0) is 54.6 Å². The number of aromatic carboxylic acids is 1. The quantitative estimate of drug-likeness (QED) is 0.499. The lowest BCUT2D eigenvalue weighted by Crippen LogP contribution is -2.33. The van der Waals surface area contributed by atoms with Crippen molar-refractivity contribution < 1.29 is 14.3 Å². The van der Waals surface area contributed by atoms with E-state index in [1.807, 2.05) is 24.3 Å². The van der Waals surface area contributed by atoms with Gasteiger partial charge >= 0.3 is 5.97 Å². The number of carboxylic acid groups (broad SMARTS) is 1. The number of hydrogen-bond donors (Lipinski definition) is 2. The minimum absolute atomic E-state index is 0.174. The molecule has 0 aliphatic heterocycles. The van der Waals surface area contributed by atoms with Crippen LogP contribution in [0.2, 0.25) is 0 Å². The van der Waals surface area contributed by atoms with Crippen LogP contribution < -0.4 is 16.1 Å². The number of aromatic nitrogens is 2. The fourth-order valence-corrected chi connectivity index (χ4v) is 3.21. The lowest BCUT2D eigenvalue weighted by atomic mass is 10.1. The fraction of sp³-hybridized carbons (Fsp3) is 0. The Morgan fingerprint density at radius 3 is 2.62 bits per heavy atom. The van der Waals surface area contributed by atoms with E-state index >= 15 is 0 Å². The third kappa shape index (κ3) is 3.72. The number of carboxylic acids is 1. The van der Waals surface area contributed by atoms with Crippen molar-refractivity contribution in [3.8, 4) is 17.0 Å². The summed E-state index contributed by atoms with van der Waals surface area (Å²) in [6.45, 7) is 3.91. The average Bonchev–Trinajstić information content (AvgIpc) is 3.29. The predicted octanol–water partition coefficient (Wildman–Crippen LogP) is 3.13. The summed E-state index contributed by atoms with van der Waals surface area (Å²) in [6, 6.07) is 17.2. The van der Waals surface area contributed by atoms with Gasteiger partial charge in [-0.2, -0.15) is 0 Å². The minimum atomic E-state index is -1.01. The van der Waals surface area contributed by atoms with Crippen LogP contribution >= 0.6 is 15.9 Å². The normalized spacial score (nSPS) is 11.7. The number of hydrogen-bond acceptors (Lipinski definition) is 3. The summed E-state index contributed by atoms with van der Waals surface area (Å²) in [6.07, 6.45) is 1.61. The fourth-order valence-electron chi connectivity index (χ4n) is 2.95. The number of halogens is 1. The van der Waals surface area contributed by atoms with Crippen LogP contribution in [0, 0.1) is 0 Å². The molecule has 2 aromatic carbocycles. The van der Waals surface area contributed by atoms with Crippen molar-refractivity contribution in [1.29, 1.82) is 0 Å². The highest BCUT2D eigenvalue weighted by Gasteiger charge is 2.09. The number of carbonyl (C=O) groups is 1. The van der Waals surface area contributed by atoms with Crippen LogP contribution in [0.25, 0.3) is 29.7 Å². The third-order valence-electron chi connectivity index (χ3n) is 4.40. The van der Waals surface area contributed by atoms with Crippen LogP contribution in [-0.2, 0) is 0 Å². The van der Waals surface area contributed by atoms with E-state index in [0.717, 1.165) is 4.47 Å². The number of nitrogens with one attached hydrogen (secondary N) is 1. The topological polar surface area (TPSA) is 88.2 Å². The second-order valence-corrected chi connectivity index (χ2v) is 7.27. The molecule has 0 saturated heterocycles. The van der Waals surface area contributed by atoms with Gasteiger partial charge in [0.1, 0.15) is 11.5 Å². The number of benzene rings is 2. The zero-order valence-corrected chi connectivity index (χ0v) is 16.6. The molecule has 0 unspecified atom stereocenters. The molecule has 2 heterocycles. The predicted molar refractivity (Wildman–Crippen MR) is 114 cm³/mol. The zero-order valence-electron chi connectivity index (χ0n) is 15.1. The standard InChI is InChI=1S/C22H15BrN2O4/c1-13-19(21(26)25(24-13)17-7-5-16(23)6-8-17)12-18-9-10-20(29-18)14-3-2-4-15(11-14)22(27)28/h2-12,24H,1H2,(H,27,28)/b19-12+. The molecule has 7 heteroatoms. The van der Waals surface area contributed by atoms with Gasteiger partial charge in [0.2, 0.25) is 0 Å². The minimum Gasteiger partial charge on any atom is -0.478 e. The maximum atomic E-state index is 12.8. The van der Waals surface area contributed by atoms with E-state index in [4.69, 9.17) is 9.52 Å². The molecule has 4 rings (SSSR count). The molecule has 0 saturated carbocycles. The van der Waals surface area contributed by atoms with Crippen LogP contribution in [0.1, 0.15) is 16.1 Å². The van der Waals surface area contributed by atoms with E-state index in [0.29, 0.717) is 33.3 Å². The monoisotopic (exact) mass is 450 g/mol. The van der Waals surface area contributed by atoms with Gasteiger partial charge in [-0.25, -0.2) is 9.48 Å². The molecule has 0 spiro atoms. The number of rotatable bonds is 4. The van der Waals surface area contributed by atoms with Crippen LogP contribution in [0.15, 0.2) is 74.3 Å². The van der Waals surface area contributed by atoms with E-state index in [1.54, 1.807) is 30.3 Å². The zero-order chi connectivity index (χ0) is 20.5. The lowest BCUT2D eigenvalue weighted by molar-refractivity contribution is 0.0697. The average molecular weight is 451 g/mol. The largest absolute Gasteiger partial charge is 0.478 e. The Balaban J connectivity index is 1.74. The first kappa shape index (κ1) is 18.8. The molecule has 0 radical (unpaired) electrons. The molecule has 2 N–H and O–H groups in total. The van der Waals surface area contributed by atoms with E-state index in [-0.39, 0.29) is 11.1 Å². The molecule has 0 atom stereocenters. The summed E-state index contributed by atoms with van der Waals surface area (Å²) < 4.78 is 8.14. The molecule has 0 aliphatic rings. The van der Waals surface area contributed by atoms with Crippen molar-refractivity contribution in [2.24, 2.45) is 0 Å². The molecule has 29 heavy (non-hydrogen) atoms. The van der Waals surface area contributed by atoms with Gasteiger partial charge in [0.25, 0.3) is 5.56 Å². The van der Waals surface area contributed by atoms with Crippen molar-refractivity contribution in [2.45, 2.75) is 0 Å². The summed E-state index contributed by atoms with van der Waals surface area (Å²) in [5.74, 6) is -0.0360. The molecule has 6 nitrogen and oxygen atoms in total. The second kappa shape index (κ2) is 7.44. The Bertz CT molecular complexity index is 1380. The number of aromatic amines is 1. The van der Waals surface area contributed by atoms with Crippen molar-refractivity contribution in [2.75, 3.05) is 0 Å². The Hall–Kier alpha value is -3.58. The molecule has 0 amide bonds. The molecule has 0 fully saturated rings. The van der Waals surface area contributed by atoms with Crippen LogP contribution in [0.3, 0.4) is 0 Å². The number of H-pyrrole nitrogens is 1. The molecule has 2 aromatic heterocycles. The molecular formula is C22H15BrN2O4. The van der Waals surface area contributed by atoms with Gasteiger partial charge in [0, 0.05) is 10.0 Å². The smallest absolute Gasteiger partial charge is 0.335 e. The first-order valence-electron chi connectivity index (χ1n) is 8.63. The molecular weight excluding hydrogens is 436 g/mol. The summed E-state index contributed by atoms with van der Waals surface area (Å²) in [5, 5.41) is 13.0. The summed E-state index contributed by atoms with van der Waals surface area (Å²) in [5.41, 5.74) is 1.25. The van der Waals surface area contributed by atoms with Crippen molar-refractivity contribution in [1.82, 2.24) is 9.78 Å². The Kier molecular flexibility index (Phi) is 4.82. The van der Waals surface area contributed by atoms with Gasteiger partial charge in [-0.3, -0.25) is 9.89 Å². The maximum absolute atomic E-state index is 12.8. The number of furan rings is 1. The van der Waals surface area contributed by atoms with E-state index in [2.05, 4.69) is 27.6 Å². The van der Waals surface area contributed by atoms with Gasteiger partial charge in [-0.1, -0.05) is 34.6 Å². The van der Waals surface area contributed by atoms with Crippen molar-refractivity contribution >= 4 is 34.6 Å². The summed E-state index contributed by atoms with van der Waals surface area (Å²) in [4.78, 5) is 24.0. The van der Waals surface area contributed by atoms with Crippen LogP contribution in [0.4, 0.5) is 0 Å². The van der Waals surface area contributed by atoms with E-state index in [1.165, 1.54) is 16.8 Å². The third-order valence-corrected chi connectivity index (χ3v) is 4.93. The van der Waals surface area contributed by atoms with Gasteiger partial charge < -0.3 is 9.52 Å². The molecule has 144 valence electrons. The first-order valence-corrected chi connectivity index (χ1v) is 9.43. The van der Waals surface area contributed by atoms with Crippen LogP contribution in [-0.4, -0.2) is 20.9 Å². The Morgan fingerprint density at radius 1 is 1.14 bits per heavy atom. The highest BCUT2D eigenvalue weighted by molar-refractivity contribution is 9.10. The highest BCUT2D eigenvalue weighted by Crippen LogP contribution is 2.23. The van der Waals surface area contributed by atoms with E-state index < -0.39 is 5.97 Å². The molecule has 4 aromatic rings. The van der Waals surface area contributed by atoms with Crippen molar-refractivity contribution in [3.63, 3.8) is 0 Å². The Labute approximate surface area is 173 Å². The van der Waals surface area contributed by atoms with Gasteiger partial charge in [0.15, 0.2) is 0 Å². The lowest BCUT2D eigenvalue weighted by Gasteiger charge is -2.00. The molecule has 0 aliphatic carbocycles. The molecule has 0 bridgehead atoms. The maximum Gasteiger partial charge on any atom is 0.335 e. The Morgan fingerprint density at radius 2 is 1.90 bits per heavy atom. The van der Waals surface area contributed by atoms with E-state index in [9.17, 15) is 9.59 Å². The second-order valence-electron chi connectivity index (χ2n) is 6.35. The van der Waals surface area contributed by atoms with Gasteiger partial charge in [-0.15, -0.1) is 0 Å². The summed E-state index contributed by atoms with van der Waals surface area (Å²) >= 11 is 3.37. The summed E-state index contributed by atoms with van der Waals surface area (Å²) in [7, 11) is 0. The van der Waals surface area contributed by atoms with Gasteiger partial charge in [0.05, 0.1) is 21.8 Å². The van der Waals surface area contributed by atoms with Crippen LogP contribution in [0.5, 0.6) is 0 Å². The highest BCUT2D eigenvalue weighted by atomic mass is 79.9.